The number of carbonyl (C=O) groups excluding carboxylic acids is 3. The predicted octanol–water partition coefficient (Wildman–Crippen LogP) is 4.83. The molecular weight excluding hydrogens is 472 g/mol. The summed E-state index contributed by atoms with van der Waals surface area (Å²) in [6.45, 7) is 7.33. The highest BCUT2D eigenvalue weighted by Gasteiger charge is 2.36. The lowest BCUT2D eigenvalue weighted by atomic mass is 10.0. The molecule has 3 amide bonds. The molecule has 9 nitrogen and oxygen atoms in total. The van der Waals surface area contributed by atoms with Crippen LogP contribution in [0.15, 0.2) is 57.5 Å². The first-order valence-corrected chi connectivity index (χ1v) is 12.4. The molecule has 2 heterocycles. The second kappa shape index (κ2) is 11.3. The van der Waals surface area contributed by atoms with Crippen molar-refractivity contribution in [3.63, 3.8) is 0 Å². The van der Waals surface area contributed by atoms with Crippen LogP contribution in [0.1, 0.15) is 60.1 Å². The Balaban J connectivity index is 1.70. The molecule has 3 aromatic rings. The Morgan fingerprint density at radius 3 is 2.43 bits per heavy atom. The maximum atomic E-state index is 13.7. The van der Waals surface area contributed by atoms with E-state index in [1.165, 1.54) is 4.90 Å². The second-order valence-electron chi connectivity index (χ2n) is 9.41. The summed E-state index contributed by atoms with van der Waals surface area (Å²) in [5, 5.41) is 9.39. The average molecular weight is 505 g/mol. The van der Waals surface area contributed by atoms with Crippen molar-refractivity contribution in [2.75, 3.05) is 10.2 Å². The van der Waals surface area contributed by atoms with Crippen molar-refractivity contribution >= 4 is 29.2 Å². The van der Waals surface area contributed by atoms with Crippen molar-refractivity contribution in [3.05, 3.63) is 77.0 Å². The molecule has 194 valence electrons. The lowest BCUT2D eigenvalue weighted by molar-refractivity contribution is -0.126. The van der Waals surface area contributed by atoms with E-state index in [-0.39, 0.29) is 17.8 Å². The van der Waals surface area contributed by atoms with Crippen LogP contribution in [0.2, 0.25) is 0 Å². The molecule has 0 aliphatic heterocycles. The van der Waals surface area contributed by atoms with E-state index in [0.29, 0.717) is 23.0 Å². The van der Waals surface area contributed by atoms with Crippen molar-refractivity contribution in [3.8, 4) is 0 Å². The molecule has 1 unspecified atom stereocenters. The van der Waals surface area contributed by atoms with Crippen LogP contribution >= 0.6 is 0 Å². The molecule has 1 aromatic carbocycles. The highest BCUT2D eigenvalue weighted by Crippen LogP contribution is 2.33. The lowest BCUT2D eigenvalue weighted by Gasteiger charge is -2.31. The number of anilines is 2. The van der Waals surface area contributed by atoms with E-state index in [1.807, 2.05) is 26.0 Å². The molecular formula is C28H32N4O5. The molecule has 0 radical (unpaired) electrons. The molecule has 2 N–H and O–H groups in total. The summed E-state index contributed by atoms with van der Waals surface area (Å²) in [7, 11) is 0. The number of amides is 3. The molecule has 37 heavy (non-hydrogen) atoms. The molecule has 1 aliphatic rings. The van der Waals surface area contributed by atoms with Gasteiger partial charge in [0.2, 0.25) is 5.91 Å². The zero-order valence-electron chi connectivity index (χ0n) is 21.5. The van der Waals surface area contributed by atoms with Gasteiger partial charge in [0, 0.05) is 29.9 Å². The smallest absolute Gasteiger partial charge is 0.252 e. The van der Waals surface area contributed by atoms with E-state index in [9.17, 15) is 14.4 Å². The Bertz CT molecular complexity index is 1320. The summed E-state index contributed by atoms with van der Waals surface area (Å²) in [5.41, 5.74) is 2.36. The summed E-state index contributed by atoms with van der Waals surface area (Å²) in [6.07, 6.45) is 6.17. The van der Waals surface area contributed by atoms with Crippen LogP contribution in [0.4, 0.5) is 11.5 Å². The topological polar surface area (TPSA) is 118 Å². The highest BCUT2D eigenvalue weighted by atomic mass is 16.5. The first-order valence-electron chi connectivity index (χ1n) is 12.4. The van der Waals surface area contributed by atoms with E-state index in [2.05, 4.69) is 15.8 Å². The third kappa shape index (κ3) is 6.17. The van der Waals surface area contributed by atoms with Gasteiger partial charge in [-0.1, -0.05) is 30.1 Å². The number of nitrogens with one attached hydrogen (secondary N) is 2. The number of aryl methyl sites for hydroxylation is 3. The lowest BCUT2D eigenvalue weighted by Crippen LogP contribution is -2.46. The van der Waals surface area contributed by atoms with Crippen molar-refractivity contribution in [1.82, 2.24) is 10.5 Å². The average Bonchev–Trinajstić information content (AvgIpc) is 3.61. The molecule has 1 atom stereocenters. The van der Waals surface area contributed by atoms with Crippen molar-refractivity contribution in [1.29, 1.82) is 0 Å². The SMILES string of the molecule is Cc1cc(NC(=O)C=CC(=O)N(c2cccc(C)c2C)C(C(=O)NC2CCCC2)c2ccc(C)o2)no1. The van der Waals surface area contributed by atoms with Gasteiger partial charge in [-0.05, 0) is 69.9 Å². The second-order valence-corrected chi connectivity index (χ2v) is 9.41. The van der Waals surface area contributed by atoms with E-state index in [1.54, 1.807) is 38.1 Å². The van der Waals surface area contributed by atoms with Crippen LogP contribution in [0.3, 0.4) is 0 Å². The Labute approximate surface area is 215 Å². The maximum Gasteiger partial charge on any atom is 0.252 e. The number of carbonyl (C=O) groups is 3. The van der Waals surface area contributed by atoms with Crippen molar-refractivity contribution in [2.45, 2.75) is 65.5 Å². The summed E-state index contributed by atoms with van der Waals surface area (Å²) >= 11 is 0. The minimum atomic E-state index is -1.06. The van der Waals surface area contributed by atoms with E-state index < -0.39 is 17.9 Å². The molecule has 9 heteroatoms. The number of furan rings is 1. The van der Waals surface area contributed by atoms with E-state index in [0.717, 1.165) is 49.0 Å². The van der Waals surface area contributed by atoms with Crippen LogP contribution < -0.4 is 15.5 Å². The van der Waals surface area contributed by atoms with Crippen LogP contribution in [-0.2, 0) is 14.4 Å². The van der Waals surface area contributed by atoms with Gasteiger partial charge in [0.25, 0.3) is 11.8 Å². The van der Waals surface area contributed by atoms with Gasteiger partial charge >= 0.3 is 0 Å². The maximum absolute atomic E-state index is 13.7. The van der Waals surface area contributed by atoms with E-state index in [4.69, 9.17) is 8.94 Å². The van der Waals surface area contributed by atoms with Crippen molar-refractivity contribution in [2.24, 2.45) is 0 Å². The number of hydrogen-bond donors (Lipinski definition) is 2. The first kappa shape index (κ1) is 25.9. The standard InChI is InChI=1S/C28H32N4O5/c1-17-8-7-11-22(20(17)4)32(26(34)15-14-25(33)30-24-16-19(3)37-31-24)27(23-13-12-18(2)36-23)28(35)29-21-9-5-6-10-21/h7-8,11-16,21,27H,5-6,9-10H2,1-4H3,(H,29,35)(H,30,31,33). The monoisotopic (exact) mass is 504 g/mol. The Morgan fingerprint density at radius 2 is 1.78 bits per heavy atom. The van der Waals surface area contributed by atoms with Gasteiger partial charge in [-0.25, -0.2) is 0 Å². The van der Waals surface area contributed by atoms with Gasteiger partial charge in [0.1, 0.15) is 17.3 Å². The molecule has 4 rings (SSSR count). The van der Waals surface area contributed by atoms with Gasteiger partial charge in [0.05, 0.1) is 0 Å². The minimum Gasteiger partial charge on any atom is -0.464 e. The van der Waals surface area contributed by atoms with Gasteiger partial charge in [-0.3, -0.25) is 19.3 Å². The number of nitrogens with zero attached hydrogens (tertiary/aromatic N) is 2. The Kier molecular flexibility index (Phi) is 7.91. The highest BCUT2D eigenvalue weighted by molar-refractivity contribution is 6.10. The molecule has 2 aromatic heterocycles. The molecule has 1 fully saturated rings. The fourth-order valence-electron chi connectivity index (χ4n) is 4.53. The number of rotatable bonds is 8. The largest absolute Gasteiger partial charge is 0.464 e. The number of aromatic nitrogens is 1. The first-order chi connectivity index (χ1) is 17.7. The minimum absolute atomic E-state index is 0.0499. The zero-order chi connectivity index (χ0) is 26.5. The van der Waals surface area contributed by atoms with Crippen LogP contribution in [0.25, 0.3) is 0 Å². The fraction of sp³-hybridized carbons (Fsp3) is 0.357. The summed E-state index contributed by atoms with van der Waals surface area (Å²) in [4.78, 5) is 41.3. The summed E-state index contributed by atoms with van der Waals surface area (Å²) in [5.74, 6) is 0.334. The van der Waals surface area contributed by atoms with Gasteiger partial charge < -0.3 is 19.6 Å². The Morgan fingerprint density at radius 1 is 1.03 bits per heavy atom. The normalized spacial score (nSPS) is 14.6. The number of hydrogen-bond acceptors (Lipinski definition) is 6. The number of benzene rings is 1. The Hall–Kier alpha value is -4.14. The molecule has 1 saturated carbocycles. The quantitative estimate of drug-likeness (QED) is 0.424. The van der Waals surface area contributed by atoms with Crippen LogP contribution in [0.5, 0.6) is 0 Å². The van der Waals surface area contributed by atoms with Crippen LogP contribution in [-0.4, -0.2) is 28.9 Å². The molecule has 0 saturated heterocycles. The summed E-state index contributed by atoms with van der Waals surface area (Å²) in [6, 6.07) is 9.59. The van der Waals surface area contributed by atoms with Gasteiger partial charge in [-0.2, -0.15) is 0 Å². The molecule has 0 bridgehead atoms. The van der Waals surface area contributed by atoms with Crippen molar-refractivity contribution < 1.29 is 23.3 Å². The zero-order valence-corrected chi connectivity index (χ0v) is 21.5. The van der Waals surface area contributed by atoms with E-state index >= 15 is 0 Å². The third-order valence-electron chi connectivity index (χ3n) is 6.57. The molecule has 1 aliphatic carbocycles. The van der Waals surface area contributed by atoms with Gasteiger partial charge in [0.15, 0.2) is 11.9 Å². The van der Waals surface area contributed by atoms with Gasteiger partial charge in [-0.15, -0.1) is 0 Å². The van der Waals surface area contributed by atoms with Crippen LogP contribution in [0, 0.1) is 27.7 Å². The predicted molar refractivity (Wildman–Crippen MR) is 139 cm³/mol. The third-order valence-corrected chi connectivity index (χ3v) is 6.57. The summed E-state index contributed by atoms with van der Waals surface area (Å²) < 4.78 is 10.8. The fourth-order valence-corrected chi connectivity index (χ4v) is 4.53. The molecule has 0 spiro atoms.